The Balaban J connectivity index is 1.89. The molecule has 23 heavy (non-hydrogen) atoms. The molecule has 5 rings (SSSR count). The van der Waals surface area contributed by atoms with Gasteiger partial charge in [0, 0.05) is 17.2 Å². The number of phenols is 1. The molecule has 2 N–H and O–H groups in total. The second-order valence-electron chi connectivity index (χ2n) is 6.17. The van der Waals surface area contributed by atoms with E-state index in [1.807, 2.05) is 12.1 Å². The fourth-order valence-electron chi connectivity index (χ4n) is 4.07. The lowest BCUT2D eigenvalue weighted by molar-refractivity contribution is 0.174. The van der Waals surface area contributed by atoms with Gasteiger partial charge in [-0.25, -0.2) is 0 Å². The van der Waals surface area contributed by atoms with Gasteiger partial charge in [-0.3, -0.25) is 0 Å². The summed E-state index contributed by atoms with van der Waals surface area (Å²) in [6.07, 6.45) is 1.81. The molecule has 5 nitrogen and oxygen atoms in total. The van der Waals surface area contributed by atoms with Crippen molar-refractivity contribution in [2.24, 2.45) is 0 Å². The Morgan fingerprint density at radius 3 is 3.00 bits per heavy atom. The molecule has 2 aliphatic heterocycles. The minimum Gasteiger partial charge on any atom is -0.504 e. The van der Waals surface area contributed by atoms with Gasteiger partial charge in [-0.1, -0.05) is 6.07 Å². The van der Waals surface area contributed by atoms with E-state index in [9.17, 15) is 5.11 Å². The van der Waals surface area contributed by atoms with E-state index in [0.717, 1.165) is 47.6 Å². The molecule has 0 amide bonds. The fourth-order valence-corrected chi connectivity index (χ4v) is 4.07. The smallest absolute Gasteiger partial charge is 0.231 e. The fraction of sp³-hybridized carbons (Fsp3) is 0.333. The summed E-state index contributed by atoms with van der Waals surface area (Å²) < 4.78 is 16.7. The van der Waals surface area contributed by atoms with Gasteiger partial charge in [0.2, 0.25) is 6.79 Å². The summed E-state index contributed by atoms with van der Waals surface area (Å²) in [5, 5.41) is 14.3. The number of methoxy groups -OCH3 is 1. The number of benzene rings is 2. The highest BCUT2D eigenvalue weighted by molar-refractivity contribution is 5.88. The Morgan fingerprint density at radius 2 is 2.13 bits per heavy atom. The highest BCUT2D eigenvalue weighted by Crippen LogP contribution is 2.55. The number of nitrogens with one attached hydrogen (secondary N) is 1. The van der Waals surface area contributed by atoms with Gasteiger partial charge in [-0.05, 0) is 48.2 Å². The number of phenolic OH excluding ortho intramolecular Hbond substituents is 1. The summed E-state index contributed by atoms with van der Waals surface area (Å²) in [7, 11) is 1.57. The van der Waals surface area contributed by atoms with Crippen molar-refractivity contribution in [2.75, 3.05) is 20.4 Å². The quantitative estimate of drug-likeness (QED) is 0.847. The third kappa shape index (κ3) is 1.65. The van der Waals surface area contributed by atoms with Crippen molar-refractivity contribution in [3.8, 4) is 34.1 Å². The zero-order valence-corrected chi connectivity index (χ0v) is 12.8. The first-order chi connectivity index (χ1) is 11.3. The topological polar surface area (TPSA) is 60.0 Å². The summed E-state index contributed by atoms with van der Waals surface area (Å²) in [5.74, 6) is 2.17. The van der Waals surface area contributed by atoms with Crippen molar-refractivity contribution in [3.63, 3.8) is 0 Å². The van der Waals surface area contributed by atoms with Crippen LogP contribution in [0.5, 0.6) is 23.0 Å². The van der Waals surface area contributed by atoms with Crippen LogP contribution in [0, 0.1) is 0 Å². The van der Waals surface area contributed by atoms with Crippen molar-refractivity contribution < 1.29 is 19.3 Å². The Bertz CT molecular complexity index is 831. The minimum absolute atomic E-state index is 0.181. The predicted octanol–water partition coefficient (Wildman–Crippen LogP) is 2.54. The molecule has 2 aromatic rings. The summed E-state index contributed by atoms with van der Waals surface area (Å²) in [6, 6.07) is 6.20. The van der Waals surface area contributed by atoms with Crippen molar-refractivity contribution in [2.45, 2.75) is 18.9 Å². The number of hydrogen-bond donors (Lipinski definition) is 2. The van der Waals surface area contributed by atoms with E-state index in [0.29, 0.717) is 5.75 Å². The molecule has 0 spiro atoms. The predicted molar refractivity (Wildman–Crippen MR) is 84.4 cm³/mol. The normalized spacial score (nSPS) is 20.0. The molecule has 0 radical (unpaired) electrons. The molecule has 1 atom stereocenters. The standard InChI is InChI=1S/C18H17NO4/c1-21-12-3-2-9-6-11-14-10(4-5-19-11)7-13-18(23-8-22-13)16(14)15(9)17(12)20/h2-3,7,11,19-20H,4-6,8H2,1H3/t11-/m1/s1. The highest BCUT2D eigenvalue weighted by atomic mass is 16.7. The lowest BCUT2D eigenvalue weighted by Crippen LogP contribution is -2.33. The minimum atomic E-state index is 0.181. The number of hydrogen-bond acceptors (Lipinski definition) is 5. The average molecular weight is 311 g/mol. The van der Waals surface area contributed by atoms with Crippen LogP contribution in [0.3, 0.4) is 0 Å². The molecular formula is C18H17NO4. The van der Waals surface area contributed by atoms with Crippen LogP contribution in [0.4, 0.5) is 0 Å². The molecule has 5 heteroatoms. The molecule has 2 heterocycles. The zero-order valence-electron chi connectivity index (χ0n) is 12.8. The second kappa shape index (κ2) is 4.55. The van der Waals surface area contributed by atoms with Gasteiger partial charge in [-0.15, -0.1) is 0 Å². The first-order valence-electron chi connectivity index (χ1n) is 7.86. The van der Waals surface area contributed by atoms with Crippen LogP contribution < -0.4 is 19.5 Å². The van der Waals surface area contributed by atoms with Crippen LogP contribution in [0.25, 0.3) is 11.1 Å². The van der Waals surface area contributed by atoms with E-state index >= 15 is 0 Å². The molecule has 0 saturated carbocycles. The van der Waals surface area contributed by atoms with Crippen molar-refractivity contribution in [3.05, 3.63) is 34.9 Å². The van der Waals surface area contributed by atoms with Crippen LogP contribution in [-0.2, 0) is 12.8 Å². The van der Waals surface area contributed by atoms with Crippen molar-refractivity contribution >= 4 is 0 Å². The number of ether oxygens (including phenoxy) is 3. The van der Waals surface area contributed by atoms with Gasteiger partial charge in [0.15, 0.2) is 23.0 Å². The summed E-state index contributed by atoms with van der Waals surface area (Å²) >= 11 is 0. The Hall–Kier alpha value is -2.40. The van der Waals surface area contributed by atoms with Gasteiger partial charge in [0.05, 0.1) is 7.11 Å². The lowest BCUT2D eigenvalue weighted by atomic mass is 9.77. The third-order valence-corrected chi connectivity index (χ3v) is 5.04. The van der Waals surface area contributed by atoms with Crippen LogP contribution >= 0.6 is 0 Å². The molecule has 0 bridgehead atoms. The number of rotatable bonds is 1. The second-order valence-corrected chi connectivity index (χ2v) is 6.17. The molecular weight excluding hydrogens is 294 g/mol. The van der Waals surface area contributed by atoms with E-state index in [2.05, 4.69) is 11.4 Å². The summed E-state index contributed by atoms with van der Waals surface area (Å²) in [6.45, 7) is 1.18. The van der Waals surface area contributed by atoms with Gasteiger partial charge in [-0.2, -0.15) is 0 Å². The Kier molecular flexibility index (Phi) is 2.59. The summed E-state index contributed by atoms with van der Waals surface area (Å²) in [4.78, 5) is 0. The molecule has 0 aromatic heterocycles. The number of fused-ring (bicyclic) bond motifs is 4. The highest BCUT2D eigenvalue weighted by Gasteiger charge is 2.37. The SMILES string of the molecule is COc1ccc2c(c1O)-c1c3c(cc4c1[C@@H](C2)NCC4)OCO3. The molecule has 118 valence electrons. The maximum atomic E-state index is 10.7. The molecule has 0 fully saturated rings. The van der Waals surface area contributed by atoms with Crippen molar-refractivity contribution in [1.82, 2.24) is 5.32 Å². The zero-order chi connectivity index (χ0) is 15.6. The first kappa shape index (κ1) is 13.1. The Morgan fingerprint density at radius 1 is 1.22 bits per heavy atom. The van der Waals surface area contributed by atoms with Gasteiger partial charge < -0.3 is 24.6 Å². The first-order valence-corrected chi connectivity index (χ1v) is 7.86. The number of aromatic hydroxyl groups is 1. The van der Waals surface area contributed by atoms with E-state index in [-0.39, 0.29) is 18.6 Å². The van der Waals surface area contributed by atoms with Gasteiger partial charge in [0.1, 0.15) is 0 Å². The van der Waals surface area contributed by atoms with E-state index in [1.165, 1.54) is 11.1 Å². The van der Waals surface area contributed by atoms with Crippen LogP contribution in [0.15, 0.2) is 18.2 Å². The molecule has 3 aliphatic rings. The van der Waals surface area contributed by atoms with E-state index in [4.69, 9.17) is 14.2 Å². The van der Waals surface area contributed by atoms with E-state index < -0.39 is 0 Å². The molecule has 2 aromatic carbocycles. The van der Waals surface area contributed by atoms with Crippen molar-refractivity contribution in [1.29, 1.82) is 0 Å². The van der Waals surface area contributed by atoms with Gasteiger partial charge >= 0.3 is 0 Å². The van der Waals surface area contributed by atoms with E-state index in [1.54, 1.807) is 7.11 Å². The van der Waals surface area contributed by atoms with Crippen LogP contribution in [0.1, 0.15) is 22.7 Å². The lowest BCUT2D eigenvalue weighted by Gasteiger charge is -2.35. The molecule has 0 unspecified atom stereocenters. The maximum absolute atomic E-state index is 10.7. The Labute approximate surface area is 133 Å². The third-order valence-electron chi connectivity index (χ3n) is 5.04. The van der Waals surface area contributed by atoms with Crippen LogP contribution in [-0.4, -0.2) is 25.6 Å². The average Bonchev–Trinajstić information content (AvgIpc) is 3.03. The summed E-state index contributed by atoms with van der Waals surface area (Å²) in [5.41, 5.74) is 5.40. The molecule has 1 aliphatic carbocycles. The van der Waals surface area contributed by atoms with Crippen LogP contribution in [0.2, 0.25) is 0 Å². The van der Waals surface area contributed by atoms with Gasteiger partial charge in [0.25, 0.3) is 0 Å². The molecule has 0 saturated heterocycles. The maximum Gasteiger partial charge on any atom is 0.231 e. The largest absolute Gasteiger partial charge is 0.504 e. The monoisotopic (exact) mass is 311 g/mol.